The molecule has 0 aromatic heterocycles. The SMILES string of the molecule is CC(C)(C)NC(N)=NCc1cccc(OC2CCCCC2)c1.I. The highest BCUT2D eigenvalue weighted by Gasteiger charge is 2.14. The molecule has 0 atom stereocenters. The smallest absolute Gasteiger partial charge is 0.189 e. The normalized spacial score (nSPS) is 16.6. The van der Waals surface area contributed by atoms with E-state index in [2.05, 4.69) is 43.2 Å². The summed E-state index contributed by atoms with van der Waals surface area (Å²) in [6.45, 7) is 6.76. The molecule has 1 aliphatic carbocycles. The molecule has 0 radical (unpaired) electrons. The standard InChI is InChI=1S/C18H29N3O.HI/c1-18(2,3)21-17(19)20-13-14-8-7-11-16(12-14)22-15-9-5-4-6-10-15;/h7-8,11-12,15H,4-6,9-10,13H2,1-3H3,(H3,19,20,21);1H. The third-order valence-corrected chi connectivity index (χ3v) is 3.69. The Labute approximate surface area is 157 Å². The summed E-state index contributed by atoms with van der Waals surface area (Å²) in [5.41, 5.74) is 6.95. The molecule has 5 heteroatoms. The molecular weight excluding hydrogens is 401 g/mol. The quantitative estimate of drug-likeness (QED) is 0.427. The maximum Gasteiger partial charge on any atom is 0.189 e. The summed E-state index contributed by atoms with van der Waals surface area (Å²) in [5.74, 6) is 1.42. The van der Waals surface area contributed by atoms with Crippen LogP contribution >= 0.6 is 24.0 Å². The molecule has 1 aliphatic rings. The van der Waals surface area contributed by atoms with Gasteiger partial charge >= 0.3 is 0 Å². The van der Waals surface area contributed by atoms with Gasteiger partial charge in [0.15, 0.2) is 5.96 Å². The van der Waals surface area contributed by atoms with Crippen molar-refractivity contribution in [2.45, 2.75) is 71.1 Å². The van der Waals surface area contributed by atoms with Crippen molar-refractivity contribution in [3.63, 3.8) is 0 Å². The molecule has 0 bridgehead atoms. The van der Waals surface area contributed by atoms with E-state index in [1.807, 2.05) is 12.1 Å². The van der Waals surface area contributed by atoms with E-state index in [9.17, 15) is 0 Å². The molecule has 4 nitrogen and oxygen atoms in total. The van der Waals surface area contributed by atoms with Gasteiger partial charge < -0.3 is 15.8 Å². The number of nitrogens with two attached hydrogens (primary N) is 1. The minimum absolute atomic E-state index is 0. The fourth-order valence-corrected chi connectivity index (χ4v) is 2.69. The van der Waals surface area contributed by atoms with Crippen LogP contribution in [0.1, 0.15) is 58.4 Å². The highest BCUT2D eigenvalue weighted by molar-refractivity contribution is 14.0. The second kappa shape index (κ2) is 9.35. The predicted octanol–water partition coefficient (Wildman–Crippen LogP) is 4.22. The Balaban J connectivity index is 0.00000264. The Morgan fingerprint density at radius 3 is 2.61 bits per heavy atom. The summed E-state index contributed by atoms with van der Waals surface area (Å²) in [7, 11) is 0. The van der Waals surface area contributed by atoms with Crippen molar-refractivity contribution < 1.29 is 4.74 Å². The number of aliphatic imine (C=N–C) groups is 1. The van der Waals surface area contributed by atoms with Crippen molar-refractivity contribution in [1.29, 1.82) is 0 Å². The van der Waals surface area contributed by atoms with Crippen molar-refractivity contribution in [3.8, 4) is 5.75 Å². The molecule has 3 N–H and O–H groups in total. The lowest BCUT2D eigenvalue weighted by Gasteiger charge is -2.23. The lowest BCUT2D eigenvalue weighted by Crippen LogP contribution is -2.44. The lowest BCUT2D eigenvalue weighted by molar-refractivity contribution is 0.155. The first-order chi connectivity index (χ1) is 10.4. The summed E-state index contributed by atoms with van der Waals surface area (Å²) >= 11 is 0. The highest BCUT2D eigenvalue weighted by atomic mass is 127. The highest BCUT2D eigenvalue weighted by Crippen LogP contribution is 2.24. The van der Waals surface area contributed by atoms with Crippen molar-refractivity contribution in [3.05, 3.63) is 29.8 Å². The first-order valence-electron chi connectivity index (χ1n) is 8.26. The van der Waals surface area contributed by atoms with Crippen LogP contribution in [0.25, 0.3) is 0 Å². The molecular formula is C18H30IN3O. The van der Waals surface area contributed by atoms with Gasteiger partial charge in [0.1, 0.15) is 5.75 Å². The fourth-order valence-electron chi connectivity index (χ4n) is 2.69. The monoisotopic (exact) mass is 431 g/mol. The van der Waals surface area contributed by atoms with Gasteiger partial charge in [0, 0.05) is 5.54 Å². The van der Waals surface area contributed by atoms with Crippen LogP contribution in [-0.2, 0) is 6.54 Å². The molecule has 1 aromatic carbocycles. The van der Waals surface area contributed by atoms with Gasteiger partial charge in [0.2, 0.25) is 0 Å². The Hall–Kier alpha value is -0.980. The van der Waals surface area contributed by atoms with E-state index < -0.39 is 0 Å². The van der Waals surface area contributed by atoms with Crippen LogP contribution in [-0.4, -0.2) is 17.6 Å². The van der Waals surface area contributed by atoms with Crippen molar-refractivity contribution >= 4 is 29.9 Å². The maximum atomic E-state index is 6.09. The number of nitrogens with zero attached hydrogens (tertiary/aromatic N) is 1. The number of nitrogens with one attached hydrogen (secondary N) is 1. The summed E-state index contributed by atoms with van der Waals surface area (Å²) in [4.78, 5) is 4.40. The van der Waals surface area contributed by atoms with Gasteiger partial charge in [-0.2, -0.15) is 0 Å². The summed E-state index contributed by atoms with van der Waals surface area (Å²) in [5, 5.41) is 3.17. The van der Waals surface area contributed by atoms with Crippen molar-refractivity contribution in [2.75, 3.05) is 0 Å². The number of hydrogen-bond donors (Lipinski definition) is 2. The van der Waals surface area contributed by atoms with E-state index in [4.69, 9.17) is 10.5 Å². The lowest BCUT2D eigenvalue weighted by atomic mass is 9.98. The predicted molar refractivity (Wildman–Crippen MR) is 108 cm³/mol. The van der Waals surface area contributed by atoms with Crippen LogP contribution in [0.15, 0.2) is 29.3 Å². The largest absolute Gasteiger partial charge is 0.490 e. The molecule has 1 fully saturated rings. The Morgan fingerprint density at radius 1 is 1.26 bits per heavy atom. The minimum atomic E-state index is -0.0699. The van der Waals surface area contributed by atoms with Gasteiger partial charge in [-0.25, -0.2) is 4.99 Å². The van der Waals surface area contributed by atoms with Gasteiger partial charge in [0.05, 0.1) is 12.6 Å². The van der Waals surface area contributed by atoms with Crippen molar-refractivity contribution in [2.24, 2.45) is 10.7 Å². The first kappa shape index (κ1) is 20.1. The summed E-state index contributed by atoms with van der Waals surface area (Å²) in [6.07, 6.45) is 6.62. The number of rotatable bonds is 4. The van der Waals surface area contributed by atoms with Crippen LogP contribution in [0.4, 0.5) is 0 Å². The molecule has 0 spiro atoms. The van der Waals surface area contributed by atoms with Crippen LogP contribution < -0.4 is 15.8 Å². The number of hydrogen-bond acceptors (Lipinski definition) is 2. The number of ether oxygens (including phenoxy) is 1. The molecule has 2 rings (SSSR count). The van der Waals surface area contributed by atoms with Crippen LogP contribution in [0.5, 0.6) is 5.75 Å². The zero-order chi connectivity index (χ0) is 16.0. The van der Waals surface area contributed by atoms with Crippen LogP contribution in [0.3, 0.4) is 0 Å². The fraction of sp³-hybridized carbons (Fsp3) is 0.611. The molecule has 0 aliphatic heterocycles. The van der Waals surface area contributed by atoms with E-state index in [0.29, 0.717) is 18.6 Å². The zero-order valence-corrected chi connectivity index (χ0v) is 16.8. The summed E-state index contributed by atoms with van der Waals surface area (Å²) in [6, 6.07) is 8.18. The van der Waals surface area contributed by atoms with Crippen LogP contribution in [0.2, 0.25) is 0 Å². The van der Waals surface area contributed by atoms with E-state index in [0.717, 1.165) is 11.3 Å². The topological polar surface area (TPSA) is 59.6 Å². The van der Waals surface area contributed by atoms with Crippen molar-refractivity contribution in [1.82, 2.24) is 5.32 Å². The van der Waals surface area contributed by atoms with Gasteiger partial charge in [0.25, 0.3) is 0 Å². The molecule has 130 valence electrons. The maximum absolute atomic E-state index is 6.09. The first-order valence-corrected chi connectivity index (χ1v) is 8.26. The van der Waals surface area contributed by atoms with Gasteiger partial charge in [-0.05, 0) is 64.2 Å². The van der Waals surface area contributed by atoms with E-state index >= 15 is 0 Å². The van der Waals surface area contributed by atoms with Gasteiger partial charge in [-0.1, -0.05) is 18.6 Å². The Morgan fingerprint density at radius 2 is 1.96 bits per heavy atom. The van der Waals surface area contributed by atoms with Crippen LogP contribution in [0, 0.1) is 0 Å². The van der Waals surface area contributed by atoms with Gasteiger partial charge in [-0.3, -0.25) is 0 Å². The van der Waals surface area contributed by atoms with E-state index in [-0.39, 0.29) is 29.5 Å². The number of guanidine groups is 1. The summed E-state index contributed by atoms with van der Waals surface area (Å²) < 4.78 is 6.09. The minimum Gasteiger partial charge on any atom is -0.490 e. The molecule has 1 aromatic rings. The Kier molecular flexibility index (Phi) is 8.16. The average Bonchev–Trinajstić information content (AvgIpc) is 2.45. The Bertz CT molecular complexity index is 505. The third-order valence-electron chi connectivity index (χ3n) is 3.69. The zero-order valence-electron chi connectivity index (χ0n) is 14.5. The molecule has 0 heterocycles. The molecule has 23 heavy (non-hydrogen) atoms. The van der Waals surface area contributed by atoms with E-state index in [1.54, 1.807) is 0 Å². The molecule has 0 amide bonds. The van der Waals surface area contributed by atoms with Gasteiger partial charge in [-0.15, -0.1) is 24.0 Å². The average molecular weight is 431 g/mol. The van der Waals surface area contributed by atoms with E-state index in [1.165, 1.54) is 32.1 Å². The molecule has 1 saturated carbocycles. The third kappa shape index (κ3) is 7.90. The number of benzene rings is 1. The second-order valence-electron chi connectivity index (χ2n) is 7.10. The molecule has 0 unspecified atom stereocenters. The number of halogens is 1. The second-order valence-corrected chi connectivity index (χ2v) is 7.10. The molecule has 0 saturated heterocycles.